The third kappa shape index (κ3) is 2.33. The Kier molecular flexibility index (Phi) is 3.41. The van der Waals surface area contributed by atoms with Crippen molar-refractivity contribution in [3.63, 3.8) is 0 Å². The van der Waals surface area contributed by atoms with Crippen molar-refractivity contribution in [3.05, 3.63) is 55.0 Å². The van der Waals surface area contributed by atoms with Crippen LogP contribution in [0.2, 0.25) is 0 Å². The number of aromatic amines is 1. The van der Waals surface area contributed by atoms with Crippen LogP contribution >= 0.6 is 0 Å². The number of H-pyrrole nitrogens is 1. The molecule has 2 atom stereocenters. The molecule has 2 unspecified atom stereocenters. The number of anilines is 1. The highest BCUT2D eigenvalue weighted by Crippen LogP contribution is 2.35. The van der Waals surface area contributed by atoms with Crippen LogP contribution in [0.15, 0.2) is 49.4 Å². The Morgan fingerprint density at radius 3 is 3.00 bits per heavy atom. The number of nitrogens with one attached hydrogen (secondary N) is 1. The summed E-state index contributed by atoms with van der Waals surface area (Å²) in [4.78, 5) is 20.1. The minimum absolute atomic E-state index is 0.349. The second kappa shape index (κ2) is 5.91. The summed E-state index contributed by atoms with van der Waals surface area (Å²) in [7, 11) is 0. The third-order valence-electron chi connectivity index (χ3n) is 5.18. The molecule has 26 heavy (non-hydrogen) atoms. The van der Waals surface area contributed by atoms with Gasteiger partial charge >= 0.3 is 0 Å². The van der Waals surface area contributed by atoms with E-state index < -0.39 is 0 Å². The first kappa shape index (κ1) is 15.0. The fourth-order valence-corrected chi connectivity index (χ4v) is 3.81. The number of nitrogens with zero attached hydrogens (tertiary/aromatic N) is 7. The van der Waals surface area contributed by atoms with E-state index in [9.17, 15) is 0 Å². The van der Waals surface area contributed by atoms with Crippen LogP contribution in [0.5, 0.6) is 0 Å². The zero-order valence-corrected chi connectivity index (χ0v) is 14.3. The SMILES string of the molecule is CC1C(c2cn[nH]c2)CCN1c1ccnc(-c2cnc3cnccn23)n1. The maximum atomic E-state index is 4.82. The van der Waals surface area contributed by atoms with E-state index in [1.165, 1.54) is 5.56 Å². The number of aromatic nitrogens is 7. The van der Waals surface area contributed by atoms with Crippen LogP contribution < -0.4 is 4.90 Å². The predicted molar refractivity (Wildman–Crippen MR) is 96.8 cm³/mol. The summed E-state index contributed by atoms with van der Waals surface area (Å²) in [5.74, 6) is 2.06. The highest BCUT2D eigenvalue weighted by molar-refractivity contribution is 5.58. The zero-order valence-electron chi connectivity index (χ0n) is 14.3. The van der Waals surface area contributed by atoms with E-state index in [2.05, 4.69) is 37.0 Å². The van der Waals surface area contributed by atoms with Crippen molar-refractivity contribution in [3.8, 4) is 11.5 Å². The summed E-state index contributed by atoms with van der Waals surface area (Å²) >= 11 is 0. The topological polar surface area (TPSA) is 87.9 Å². The molecule has 0 radical (unpaired) electrons. The normalized spacial score (nSPS) is 20.1. The van der Waals surface area contributed by atoms with Crippen LogP contribution in [0.4, 0.5) is 5.82 Å². The molecule has 0 spiro atoms. The summed E-state index contributed by atoms with van der Waals surface area (Å²) in [5, 5.41) is 7.01. The molecule has 4 aromatic rings. The van der Waals surface area contributed by atoms with Crippen molar-refractivity contribution in [2.45, 2.75) is 25.3 Å². The van der Waals surface area contributed by atoms with Gasteiger partial charge in [0.05, 0.1) is 18.6 Å². The molecule has 1 aliphatic heterocycles. The molecule has 4 aromatic heterocycles. The molecule has 0 aromatic carbocycles. The van der Waals surface area contributed by atoms with Gasteiger partial charge in [-0.05, 0) is 25.0 Å². The first-order valence-corrected chi connectivity index (χ1v) is 8.67. The maximum Gasteiger partial charge on any atom is 0.180 e. The second-order valence-corrected chi connectivity index (χ2v) is 6.55. The van der Waals surface area contributed by atoms with Gasteiger partial charge in [0.1, 0.15) is 11.5 Å². The van der Waals surface area contributed by atoms with Gasteiger partial charge in [0.15, 0.2) is 11.5 Å². The first-order valence-electron chi connectivity index (χ1n) is 8.67. The fourth-order valence-electron chi connectivity index (χ4n) is 3.81. The molecule has 1 aliphatic rings. The van der Waals surface area contributed by atoms with Crippen molar-refractivity contribution >= 4 is 11.5 Å². The van der Waals surface area contributed by atoms with Gasteiger partial charge in [-0.25, -0.2) is 15.0 Å². The van der Waals surface area contributed by atoms with E-state index in [0.717, 1.165) is 30.1 Å². The fraction of sp³-hybridized carbons (Fsp3) is 0.278. The summed E-state index contributed by atoms with van der Waals surface area (Å²) in [6.45, 7) is 3.21. The molecule has 5 heterocycles. The Bertz CT molecular complexity index is 1040. The number of hydrogen-bond donors (Lipinski definition) is 1. The Balaban J connectivity index is 1.49. The molecule has 1 saturated heterocycles. The van der Waals surface area contributed by atoms with Crippen LogP contribution in [-0.2, 0) is 0 Å². The van der Waals surface area contributed by atoms with Gasteiger partial charge in [-0.15, -0.1) is 0 Å². The predicted octanol–water partition coefficient (Wildman–Crippen LogP) is 2.29. The van der Waals surface area contributed by atoms with Gasteiger partial charge in [-0.3, -0.25) is 14.5 Å². The van der Waals surface area contributed by atoms with Gasteiger partial charge in [0, 0.05) is 43.3 Å². The lowest BCUT2D eigenvalue weighted by Gasteiger charge is -2.25. The molecule has 0 aliphatic carbocycles. The molecule has 0 amide bonds. The highest BCUT2D eigenvalue weighted by Gasteiger charge is 2.33. The van der Waals surface area contributed by atoms with Crippen molar-refractivity contribution < 1.29 is 0 Å². The largest absolute Gasteiger partial charge is 0.353 e. The van der Waals surface area contributed by atoms with Crippen LogP contribution in [-0.4, -0.2) is 47.1 Å². The minimum atomic E-state index is 0.349. The Labute approximate surface area is 150 Å². The molecular formula is C18H18N8. The maximum absolute atomic E-state index is 4.82. The average Bonchev–Trinajstić information content (AvgIpc) is 3.41. The average molecular weight is 346 g/mol. The number of fused-ring (bicyclic) bond motifs is 1. The van der Waals surface area contributed by atoms with Crippen molar-refractivity contribution in [2.24, 2.45) is 0 Å². The summed E-state index contributed by atoms with van der Waals surface area (Å²) in [6, 6.07) is 2.32. The molecule has 5 rings (SSSR count). The van der Waals surface area contributed by atoms with E-state index in [-0.39, 0.29) is 0 Å². The first-order chi connectivity index (χ1) is 12.8. The standard InChI is InChI=1S/C18H18N8/c1-12-14(13-8-22-23-9-13)3-6-25(12)16-2-4-20-18(24-16)15-10-21-17-11-19-5-7-26(15)17/h2,4-5,7-12,14H,3,6H2,1H3,(H,22,23). The lowest BCUT2D eigenvalue weighted by atomic mass is 9.95. The van der Waals surface area contributed by atoms with Gasteiger partial charge < -0.3 is 4.90 Å². The molecule has 1 fully saturated rings. The Morgan fingerprint density at radius 2 is 2.12 bits per heavy atom. The number of imidazole rings is 1. The summed E-state index contributed by atoms with van der Waals surface area (Å²) < 4.78 is 1.95. The molecular weight excluding hydrogens is 328 g/mol. The van der Waals surface area contributed by atoms with Crippen LogP contribution in [0.1, 0.15) is 24.8 Å². The zero-order chi connectivity index (χ0) is 17.5. The van der Waals surface area contributed by atoms with Gasteiger partial charge in [0.25, 0.3) is 0 Å². The van der Waals surface area contributed by atoms with Crippen LogP contribution in [0, 0.1) is 0 Å². The lowest BCUT2D eigenvalue weighted by molar-refractivity contribution is 0.632. The van der Waals surface area contributed by atoms with Crippen LogP contribution in [0.3, 0.4) is 0 Å². The van der Waals surface area contributed by atoms with Crippen molar-refractivity contribution in [2.75, 3.05) is 11.4 Å². The van der Waals surface area contributed by atoms with E-state index in [1.54, 1.807) is 18.6 Å². The van der Waals surface area contributed by atoms with Gasteiger partial charge in [0.2, 0.25) is 0 Å². The smallest absolute Gasteiger partial charge is 0.180 e. The minimum Gasteiger partial charge on any atom is -0.353 e. The van der Waals surface area contributed by atoms with Gasteiger partial charge in [-0.2, -0.15) is 5.10 Å². The molecule has 130 valence electrons. The lowest BCUT2D eigenvalue weighted by Crippen LogP contribution is -2.30. The Morgan fingerprint density at radius 1 is 1.15 bits per heavy atom. The van der Waals surface area contributed by atoms with Crippen molar-refractivity contribution in [1.82, 2.24) is 34.5 Å². The van der Waals surface area contributed by atoms with E-state index in [0.29, 0.717) is 17.8 Å². The van der Waals surface area contributed by atoms with Crippen LogP contribution in [0.25, 0.3) is 17.2 Å². The number of rotatable bonds is 3. The molecule has 8 heteroatoms. The third-order valence-corrected chi connectivity index (χ3v) is 5.18. The molecule has 1 N–H and O–H groups in total. The molecule has 0 saturated carbocycles. The quantitative estimate of drug-likeness (QED) is 0.612. The summed E-state index contributed by atoms with van der Waals surface area (Å²) in [5.41, 5.74) is 2.90. The Hall–Kier alpha value is -3.29. The molecule has 8 nitrogen and oxygen atoms in total. The highest BCUT2D eigenvalue weighted by atomic mass is 15.2. The van der Waals surface area contributed by atoms with E-state index in [4.69, 9.17) is 4.98 Å². The molecule has 0 bridgehead atoms. The van der Waals surface area contributed by atoms with E-state index in [1.807, 2.05) is 35.3 Å². The second-order valence-electron chi connectivity index (χ2n) is 6.55. The number of hydrogen-bond acceptors (Lipinski definition) is 6. The van der Waals surface area contributed by atoms with Crippen molar-refractivity contribution in [1.29, 1.82) is 0 Å². The van der Waals surface area contributed by atoms with Gasteiger partial charge in [-0.1, -0.05) is 0 Å². The monoisotopic (exact) mass is 346 g/mol. The van der Waals surface area contributed by atoms with E-state index >= 15 is 0 Å². The summed E-state index contributed by atoms with van der Waals surface area (Å²) in [6.07, 6.45) is 13.9.